The van der Waals surface area contributed by atoms with Crippen LogP contribution in [0.4, 0.5) is 11.5 Å². The van der Waals surface area contributed by atoms with Gasteiger partial charge in [0.05, 0.1) is 19.3 Å². The minimum absolute atomic E-state index is 0.0101. The van der Waals surface area contributed by atoms with Crippen molar-refractivity contribution < 1.29 is 14.3 Å². The van der Waals surface area contributed by atoms with Crippen molar-refractivity contribution in [3.05, 3.63) is 36.0 Å². The maximum absolute atomic E-state index is 13.0. The summed E-state index contributed by atoms with van der Waals surface area (Å²) in [6, 6.07) is 9.60. The Balaban J connectivity index is 1.21. The van der Waals surface area contributed by atoms with Crippen LogP contribution in [0.2, 0.25) is 0 Å². The molecule has 9 heteroatoms. The van der Waals surface area contributed by atoms with Crippen molar-refractivity contribution in [3.8, 4) is 5.75 Å². The molecule has 2 aliphatic heterocycles. The zero-order valence-electron chi connectivity index (χ0n) is 20.5. The third kappa shape index (κ3) is 5.35. The molecule has 0 saturated carbocycles. The Bertz CT molecular complexity index is 981. The Kier molecular flexibility index (Phi) is 7.72. The lowest BCUT2D eigenvalue weighted by molar-refractivity contribution is -0.127. The van der Waals surface area contributed by atoms with Gasteiger partial charge in [-0.1, -0.05) is 6.92 Å². The molecule has 1 fully saturated rings. The van der Waals surface area contributed by atoms with E-state index in [1.807, 2.05) is 36.7 Å². The fraction of sp³-hybridized carbons (Fsp3) is 0.560. The summed E-state index contributed by atoms with van der Waals surface area (Å²) < 4.78 is 7.08. The molecule has 1 saturated heterocycles. The molecule has 1 N–H and O–H groups in total. The van der Waals surface area contributed by atoms with Crippen LogP contribution in [-0.4, -0.2) is 78.9 Å². The third-order valence-corrected chi connectivity index (χ3v) is 6.70. The molecular weight excluding hydrogens is 432 g/mol. The number of aryl methyl sites for hydroxylation is 2. The van der Waals surface area contributed by atoms with Crippen molar-refractivity contribution in [2.45, 2.75) is 45.7 Å². The molecule has 0 unspecified atom stereocenters. The van der Waals surface area contributed by atoms with Crippen molar-refractivity contribution in [3.63, 3.8) is 0 Å². The molecule has 0 bridgehead atoms. The second-order valence-corrected chi connectivity index (χ2v) is 8.98. The second kappa shape index (κ2) is 10.9. The first kappa shape index (κ1) is 24.1. The number of ether oxygens (including phenoxy) is 1. The highest BCUT2D eigenvalue weighted by molar-refractivity contribution is 6.00. The maximum atomic E-state index is 13.0. The van der Waals surface area contributed by atoms with E-state index >= 15 is 0 Å². The summed E-state index contributed by atoms with van der Waals surface area (Å²) in [4.78, 5) is 32.1. The number of fused-ring (bicyclic) bond motifs is 1. The summed E-state index contributed by atoms with van der Waals surface area (Å²) in [5.74, 6) is 1.50. The van der Waals surface area contributed by atoms with Crippen LogP contribution in [0.25, 0.3) is 0 Å². The summed E-state index contributed by atoms with van der Waals surface area (Å²) in [6.07, 6.45) is 1.82. The van der Waals surface area contributed by atoms with Gasteiger partial charge in [-0.25, -0.2) is 4.68 Å². The number of carbonyl (C=O) groups is 2. The van der Waals surface area contributed by atoms with E-state index in [2.05, 4.69) is 32.3 Å². The number of benzene rings is 1. The van der Waals surface area contributed by atoms with Crippen LogP contribution in [0.3, 0.4) is 0 Å². The number of hydrogen-bond donors (Lipinski definition) is 1. The van der Waals surface area contributed by atoms with E-state index in [0.717, 1.165) is 56.4 Å². The van der Waals surface area contributed by atoms with Crippen LogP contribution in [0.1, 0.15) is 31.9 Å². The van der Waals surface area contributed by atoms with Crippen LogP contribution in [-0.2, 0) is 16.1 Å². The van der Waals surface area contributed by atoms with Gasteiger partial charge >= 0.3 is 0 Å². The summed E-state index contributed by atoms with van der Waals surface area (Å²) in [7, 11) is 1.68. The highest BCUT2D eigenvalue weighted by Crippen LogP contribution is 2.26. The number of methoxy groups -OCH3 is 1. The molecular formula is C25H36N6O3. The number of piperazine rings is 1. The predicted molar refractivity (Wildman–Crippen MR) is 132 cm³/mol. The molecule has 2 aromatic rings. The molecule has 3 heterocycles. The van der Waals surface area contributed by atoms with Crippen molar-refractivity contribution in [2.75, 3.05) is 56.2 Å². The van der Waals surface area contributed by atoms with Crippen molar-refractivity contribution in [2.24, 2.45) is 0 Å². The fourth-order valence-corrected chi connectivity index (χ4v) is 4.81. The van der Waals surface area contributed by atoms with Crippen LogP contribution >= 0.6 is 0 Å². The normalized spacial score (nSPS) is 17.4. The Morgan fingerprint density at radius 3 is 2.56 bits per heavy atom. The molecule has 4 rings (SSSR count). The summed E-state index contributed by atoms with van der Waals surface area (Å²) >= 11 is 0. The van der Waals surface area contributed by atoms with Gasteiger partial charge in [-0.05, 0) is 50.6 Å². The Labute approximate surface area is 201 Å². The van der Waals surface area contributed by atoms with Gasteiger partial charge in [-0.15, -0.1) is 0 Å². The highest BCUT2D eigenvalue weighted by Gasteiger charge is 2.34. The number of rotatable bonds is 9. The Morgan fingerprint density at radius 2 is 1.88 bits per heavy atom. The predicted octanol–water partition coefficient (Wildman–Crippen LogP) is 2.04. The lowest BCUT2D eigenvalue weighted by atomic mass is 10.1. The molecule has 2 aliphatic rings. The van der Waals surface area contributed by atoms with Gasteiger partial charge in [0.1, 0.15) is 17.6 Å². The van der Waals surface area contributed by atoms with E-state index in [4.69, 9.17) is 4.74 Å². The van der Waals surface area contributed by atoms with Gasteiger partial charge in [-0.2, -0.15) is 5.10 Å². The summed E-state index contributed by atoms with van der Waals surface area (Å²) in [5, 5.41) is 7.51. The van der Waals surface area contributed by atoms with Gasteiger partial charge in [0, 0.05) is 50.9 Å². The fourth-order valence-electron chi connectivity index (χ4n) is 4.81. The number of amides is 2. The van der Waals surface area contributed by atoms with E-state index < -0.39 is 6.04 Å². The molecule has 1 atom stereocenters. The average molecular weight is 469 g/mol. The number of anilines is 2. The van der Waals surface area contributed by atoms with Gasteiger partial charge in [-0.3, -0.25) is 19.4 Å². The van der Waals surface area contributed by atoms with E-state index in [0.29, 0.717) is 25.9 Å². The number of nitrogens with zero attached hydrogens (tertiary/aromatic N) is 5. The van der Waals surface area contributed by atoms with E-state index in [1.165, 1.54) is 5.69 Å². The second-order valence-electron chi connectivity index (χ2n) is 8.98. The molecule has 1 aromatic carbocycles. The molecule has 1 aromatic heterocycles. The number of carbonyl (C=O) groups excluding carboxylic acids is 2. The zero-order valence-corrected chi connectivity index (χ0v) is 20.5. The quantitative estimate of drug-likeness (QED) is 0.567. The van der Waals surface area contributed by atoms with Crippen molar-refractivity contribution >= 4 is 23.3 Å². The van der Waals surface area contributed by atoms with E-state index in [1.54, 1.807) is 12.0 Å². The van der Waals surface area contributed by atoms with Crippen LogP contribution in [0.15, 0.2) is 30.3 Å². The number of hydrogen-bond acceptors (Lipinski definition) is 6. The average Bonchev–Trinajstić information content (AvgIpc) is 3.24. The largest absolute Gasteiger partial charge is 0.497 e. The maximum Gasteiger partial charge on any atom is 0.243 e. The lowest BCUT2D eigenvalue weighted by Crippen LogP contribution is -2.52. The van der Waals surface area contributed by atoms with E-state index in [-0.39, 0.29) is 11.8 Å². The first-order chi connectivity index (χ1) is 16.5. The SMILES string of the molecule is CC[C@@H](C(=O)NCCCN1CCN(c2ccc(OC)cc2)CC1)N1C(=O)CCn2nc(C)cc21. The monoisotopic (exact) mass is 468 g/mol. The minimum Gasteiger partial charge on any atom is -0.497 e. The topological polar surface area (TPSA) is 82.9 Å². The highest BCUT2D eigenvalue weighted by atomic mass is 16.5. The third-order valence-electron chi connectivity index (χ3n) is 6.70. The van der Waals surface area contributed by atoms with Gasteiger partial charge in [0.2, 0.25) is 11.8 Å². The molecule has 184 valence electrons. The van der Waals surface area contributed by atoms with E-state index in [9.17, 15) is 9.59 Å². The number of nitrogens with one attached hydrogen (secondary N) is 1. The molecule has 0 radical (unpaired) electrons. The standard InChI is InChI=1S/C25H36N6O3/c1-4-22(31-23-18-19(2)27-30(23)13-10-24(31)32)25(33)26-11-5-12-28-14-16-29(17-15-28)20-6-8-21(34-3)9-7-20/h6-9,18,22H,4-5,10-17H2,1-3H3,(H,26,33)/t22-/m0/s1. The lowest BCUT2D eigenvalue weighted by Gasteiger charge is -2.36. The Hall–Kier alpha value is -3.07. The van der Waals surface area contributed by atoms with Crippen molar-refractivity contribution in [1.82, 2.24) is 20.0 Å². The first-order valence-electron chi connectivity index (χ1n) is 12.3. The van der Waals surface area contributed by atoms with Crippen LogP contribution in [0, 0.1) is 6.92 Å². The van der Waals surface area contributed by atoms with Gasteiger partial charge < -0.3 is 15.0 Å². The molecule has 9 nitrogen and oxygen atoms in total. The smallest absolute Gasteiger partial charge is 0.243 e. The number of aromatic nitrogens is 2. The first-order valence-corrected chi connectivity index (χ1v) is 12.3. The summed E-state index contributed by atoms with van der Waals surface area (Å²) in [5.41, 5.74) is 2.08. The van der Waals surface area contributed by atoms with Crippen LogP contribution in [0.5, 0.6) is 5.75 Å². The molecule has 2 amide bonds. The van der Waals surface area contributed by atoms with Crippen LogP contribution < -0.4 is 19.9 Å². The molecule has 0 spiro atoms. The Morgan fingerprint density at radius 1 is 1.15 bits per heavy atom. The minimum atomic E-state index is -0.504. The van der Waals surface area contributed by atoms with Gasteiger partial charge in [0.15, 0.2) is 0 Å². The van der Waals surface area contributed by atoms with Crippen molar-refractivity contribution in [1.29, 1.82) is 0 Å². The zero-order chi connectivity index (χ0) is 24.1. The molecule has 0 aliphatic carbocycles. The summed E-state index contributed by atoms with van der Waals surface area (Å²) in [6.45, 7) is 9.96. The molecule has 34 heavy (non-hydrogen) atoms. The van der Waals surface area contributed by atoms with Gasteiger partial charge in [0.25, 0.3) is 0 Å².